The molecule has 1 aliphatic heterocycles. The molecule has 2 rings (SSSR count). The van der Waals surface area contributed by atoms with E-state index in [1.807, 2.05) is 0 Å². The molecule has 1 heterocycles. The van der Waals surface area contributed by atoms with Crippen LogP contribution in [-0.4, -0.2) is 37.1 Å². The van der Waals surface area contributed by atoms with Crippen LogP contribution < -0.4 is 15.0 Å². The molecule has 0 radical (unpaired) electrons. The zero-order chi connectivity index (χ0) is 16.3. The Kier molecular flexibility index (Phi) is 4.79. The number of hydrogen-bond acceptors (Lipinski definition) is 5. The van der Waals surface area contributed by atoms with Gasteiger partial charge in [0.05, 0.1) is 18.1 Å². The van der Waals surface area contributed by atoms with Gasteiger partial charge in [-0.3, -0.25) is 14.9 Å². The molecule has 22 heavy (non-hydrogen) atoms. The van der Waals surface area contributed by atoms with Crippen LogP contribution in [0, 0.1) is 15.9 Å². The van der Waals surface area contributed by atoms with Crippen LogP contribution in [0.15, 0.2) is 12.1 Å². The molecule has 0 spiro atoms. The van der Waals surface area contributed by atoms with Crippen LogP contribution in [-0.2, 0) is 4.79 Å². The number of methoxy groups -OCH3 is 1. The van der Waals surface area contributed by atoms with Crippen molar-refractivity contribution in [2.24, 2.45) is 0 Å². The normalized spacial score (nSPS) is 18.0. The van der Waals surface area contributed by atoms with Crippen LogP contribution in [0.25, 0.3) is 0 Å². The van der Waals surface area contributed by atoms with Crippen LogP contribution >= 0.6 is 0 Å². The smallest absolute Gasteiger partial charge is 0.295 e. The van der Waals surface area contributed by atoms with Crippen molar-refractivity contribution in [2.75, 3.05) is 25.1 Å². The molecule has 1 unspecified atom stereocenters. The van der Waals surface area contributed by atoms with Crippen molar-refractivity contribution in [1.82, 2.24) is 5.32 Å². The average molecular weight is 311 g/mol. The molecule has 1 aliphatic rings. The fraction of sp³-hybridized carbons (Fsp3) is 0.500. The van der Waals surface area contributed by atoms with E-state index in [9.17, 15) is 19.3 Å². The lowest BCUT2D eigenvalue weighted by atomic mass is 10.0. The Balaban J connectivity index is 2.33. The summed E-state index contributed by atoms with van der Waals surface area (Å²) in [7, 11) is 1.31. The standard InChI is InChI=1S/C14H18FN3O4/c1-9(19)16-10-4-3-5-17(8-10)12-7-14(22-2)11(15)6-13(12)18(20)21/h6-7,10H,3-5,8H2,1-2H3,(H,16,19). The fourth-order valence-electron chi connectivity index (χ4n) is 2.69. The van der Waals surface area contributed by atoms with E-state index in [0.717, 1.165) is 18.9 Å². The Morgan fingerprint density at radius 3 is 2.86 bits per heavy atom. The van der Waals surface area contributed by atoms with Crippen LogP contribution in [0.2, 0.25) is 0 Å². The summed E-state index contributed by atoms with van der Waals surface area (Å²) in [6.07, 6.45) is 1.59. The van der Waals surface area contributed by atoms with Crippen molar-refractivity contribution in [3.63, 3.8) is 0 Å². The molecule has 1 atom stereocenters. The molecule has 0 aromatic heterocycles. The van der Waals surface area contributed by atoms with Crippen molar-refractivity contribution >= 4 is 17.3 Å². The van der Waals surface area contributed by atoms with E-state index in [-0.39, 0.29) is 23.4 Å². The lowest BCUT2D eigenvalue weighted by Crippen LogP contribution is -2.47. The predicted molar refractivity (Wildman–Crippen MR) is 78.7 cm³/mol. The second kappa shape index (κ2) is 6.59. The molecule has 1 aromatic rings. The Labute approximate surface area is 127 Å². The number of nitrogens with one attached hydrogen (secondary N) is 1. The number of nitro groups is 1. The van der Waals surface area contributed by atoms with Crippen molar-refractivity contribution in [3.05, 3.63) is 28.1 Å². The molecule has 1 amide bonds. The van der Waals surface area contributed by atoms with Gasteiger partial charge in [0.15, 0.2) is 11.6 Å². The monoisotopic (exact) mass is 311 g/mol. The molecule has 120 valence electrons. The maximum atomic E-state index is 13.7. The van der Waals surface area contributed by atoms with Gasteiger partial charge in [-0.05, 0) is 12.8 Å². The highest BCUT2D eigenvalue weighted by atomic mass is 19.1. The number of carbonyl (C=O) groups excluding carboxylic acids is 1. The van der Waals surface area contributed by atoms with Gasteiger partial charge in [-0.2, -0.15) is 0 Å². The van der Waals surface area contributed by atoms with E-state index in [2.05, 4.69) is 5.32 Å². The molecule has 1 N–H and O–H groups in total. The van der Waals surface area contributed by atoms with E-state index in [0.29, 0.717) is 18.8 Å². The lowest BCUT2D eigenvalue weighted by Gasteiger charge is -2.34. The number of nitro benzene ring substituents is 1. The zero-order valence-corrected chi connectivity index (χ0v) is 12.5. The van der Waals surface area contributed by atoms with Gasteiger partial charge in [0, 0.05) is 32.1 Å². The highest BCUT2D eigenvalue weighted by molar-refractivity contribution is 5.73. The van der Waals surface area contributed by atoms with Gasteiger partial charge >= 0.3 is 0 Å². The van der Waals surface area contributed by atoms with Gasteiger partial charge in [0.2, 0.25) is 5.91 Å². The maximum absolute atomic E-state index is 13.7. The molecule has 7 nitrogen and oxygen atoms in total. The van der Waals surface area contributed by atoms with Crippen LogP contribution in [0.5, 0.6) is 5.75 Å². The quantitative estimate of drug-likeness (QED) is 0.677. The van der Waals surface area contributed by atoms with E-state index >= 15 is 0 Å². The van der Waals surface area contributed by atoms with Gasteiger partial charge in [-0.15, -0.1) is 0 Å². The van der Waals surface area contributed by atoms with Crippen molar-refractivity contribution in [3.8, 4) is 5.75 Å². The molecule has 0 aliphatic carbocycles. The molecule has 1 fully saturated rings. The summed E-state index contributed by atoms with van der Waals surface area (Å²) in [5, 5.41) is 14.0. The van der Waals surface area contributed by atoms with E-state index in [1.165, 1.54) is 20.1 Å². The van der Waals surface area contributed by atoms with Gasteiger partial charge < -0.3 is 15.0 Å². The van der Waals surface area contributed by atoms with E-state index in [1.54, 1.807) is 4.90 Å². The Hall–Kier alpha value is -2.38. The average Bonchev–Trinajstić information content (AvgIpc) is 2.46. The first-order chi connectivity index (χ1) is 10.4. The largest absolute Gasteiger partial charge is 0.494 e. The number of anilines is 1. The summed E-state index contributed by atoms with van der Waals surface area (Å²) < 4.78 is 18.6. The van der Waals surface area contributed by atoms with Crippen LogP contribution in [0.4, 0.5) is 15.8 Å². The number of halogens is 1. The van der Waals surface area contributed by atoms with Crippen molar-refractivity contribution in [2.45, 2.75) is 25.8 Å². The number of amides is 1. The Morgan fingerprint density at radius 2 is 2.27 bits per heavy atom. The second-order valence-electron chi connectivity index (χ2n) is 5.22. The van der Waals surface area contributed by atoms with E-state index in [4.69, 9.17) is 4.74 Å². The molecular formula is C14H18FN3O4. The molecule has 0 saturated carbocycles. The minimum atomic E-state index is -0.770. The summed E-state index contributed by atoms with van der Waals surface area (Å²) >= 11 is 0. The first-order valence-electron chi connectivity index (χ1n) is 6.96. The second-order valence-corrected chi connectivity index (χ2v) is 5.22. The molecule has 1 aromatic carbocycles. The third-order valence-corrected chi connectivity index (χ3v) is 3.62. The number of rotatable bonds is 4. The Bertz CT molecular complexity index is 594. The number of piperidine rings is 1. The summed E-state index contributed by atoms with van der Waals surface area (Å²) in [4.78, 5) is 23.5. The van der Waals surface area contributed by atoms with Gasteiger partial charge in [0.25, 0.3) is 5.69 Å². The fourth-order valence-corrected chi connectivity index (χ4v) is 2.69. The zero-order valence-electron chi connectivity index (χ0n) is 12.5. The molecule has 1 saturated heterocycles. The number of nitrogens with zero attached hydrogens (tertiary/aromatic N) is 2. The number of carbonyl (C=O) groups is 1. The van der Waals surface area contributed by atoms with Crippen molar-refractivity contribution in [1.29, 1.82) is 0 Å². The third kappa shape index (κ3) is 3.44. The van der Waals surface area contributed by atoms with Crippen LogP contribution in [0.1, 0.15) is 19.8 Å². The number of hydrogen-bond donors (Lipinski definition) is 1. The summed E-state index contributed by atoms with van der Waals surface area (Å²) in [6, 6.07) is 2.13. The Morgan fingerprint density at radius 1 is 1.55 bits per heavy atom. The van der Waals surface area contributed by atoms with Crippen LogP contribution in [0.3, 0.4) is 0 Å². The van der Waals surface area contributed by atoms with E-state index < -0.39 is 10.7 Å². The first kappa shape index (κ1) is 16.0. The SMILES string of the molecule is COc1cc(N2CCCC(NC(C)=O)C2)c([N+](=O)[O-])cc1F. The topological polar surface area (TPSA) is 84.7 Å². The lowest BCUT2D eigenvalue weighted by molar-refractivity contribution is -0.384. The van der Waals surface area contributed by atoms with Crippen molar-refractivity contribution < 1.29 is 18.8 Å². The highest BCUT2D eigenvalue weighted by Crippen LogP contribution is 2.35. The molecule has 0 bridgehead atoms. The molecular weight excluding hydrogens is 293 g/mol. The number of benzene rings is 1. The predicted octanol–water partition coefficient (Wildman–Crippen LogP) is 1.85. The summed E-state index contributed by atoms with van der Waals surface area (Å²) in [6.45, 7) is 2.48. The highest BCUT2D eigenvalue weighted by Gasteiger charge is 2.28. The third-order valence-electron chi connectivity index (χ3n) is 3.62. The van der Waals surface area contributed by atoms with Gasteiger partial charge in [0.1, 0.15) is 5.69 Å². The minimum absolute atomic E-state index is 0.0396. The molecule has 8 heteroatoms. The first-order valence-corrected chi connectivity index (χ1v) is 6.96. The number of ether oxygens (including phenoxy) is 1. The minimum Gasteiger partial charge on any atom is -0.494 e. The summed E-state index contributed by atoms with van der Waals surface area (Å²) in [5.41, 5.74) is 0.0000713. The van der Waals surface area contributed by atoms with Gasteiger partial charge in [-0.1, -0.05) is 0 Å². The summed E-state index contributed by atoms with van der Waals surface area (Å²) in [5.74, 6) is -0.950. The van der Waals surface area contributed by atoms with Gasteiger partial charge in [-0.25, -0.2) is 4.39 Å². The maximum Gasteiger partial charge on any atom is 0.295 e.